The van der Waals surface area contributed by atoms with Crippen LogP contribution in [0.1, 0.15) is 26.5 Å². The van der Waals surface area contributed by atoms with Gasteiger partial charge in [0.05, 0.1) is 12.1 Å². The first-order chi connectivity index (χ1) is 10.6. The highest BCUT2D eigenvalue weighted by molar-refractivity contribution is 6.74. The van der Waals surface area contributed by atoms with Crippen molar-refractivity contribution >= 4 is 19.2 Å². The number of fused-ring (bicyclic) bond motifs is 1. The molecular weight excluding hydrogens is 309 g/mol. The lowest BCUT2D eigenvalue weighted by Gasteiger charge is -2.36. The maximum Gasteiger partial charge on any atom is 0.192 e. The smallest absolute Gasteiger partial charge is 0.192 e. The second-order valence-corrected chi connectivity index (χ2v) is 12.2. The van der Waals surface area contributed by atoms with E-state index < -0.39 is 8.32 Å². The van der Waals surface area contributed by atoms with Crippen LogP contribution in [-0.2, 0) is 4.43 Å². The van der Waals surface area contributed by atoms with Crippen LogP contribution >= 0.6 is 0 Å². The minimum atomic E-state index is -1.79. The number of halogens is 1. The molecule has 1 aromatic carbocycles. The van der Waals surface area contributed by atoms with Gasteiger partial charge in [0.25, 0.3) is 0 Å². The normalized spacial score (nSPS) is 12.7. The van der Waals surface area contributed by atoms with Crippen LogP contribution in [0.25, 0.3) is 10.9 Å². The van der Waals surface area contributed by atoms with Gasteiger partial charge in [0.2, 0.25) is 0 Å². The zero-order valence-corrected chi connectivity index (χ0v) is 15.9. The highest BCUT2D eigenvalue weighted by Gasteiger charge is 2.36. The van der Waals surface area contributed by atoms with Crippen LogP contribution in [0.4, 0.5) is 4.39 Å². The molecule has 0 aliphatic heterocycles. The Morgan fingerprint density at radius 1 is 1.13 bits per heavy atom. The van der Waals surface area contributed by atoms with Crippen molar-refractivity contribution in [1.82, 2.24) is 4.98 Å². The van der Waals surface area contributed by atoms with Gasteiger partial charge in [0.15, 0.2) is 19.9 Å². The highest BCUT2D eigenvalue weighted by atomic mass is 28.4. The minimum absolute atomic E-state index is 0.155. The molecule has 0 amide bonds. The molecule has 0 unspecified atom stereocenters. The Morgan fingerprint density at radius 3 is 2.48 bits per heavy atom. The average molecular weight is 335 g/mol. The van der Waals surface area contributed by atoms with Crippen molar-refractivity contribution in [3.63, 3.8) is 0 Å². The average Bonchev–Trinajstić information content (AvgIpc) is 2.43. The number of hydrogen-bond acceptors (Lipinski definition) is 3. The highest BCUT2D eigenvalue weighted by Crippen LogP contribution is 2.36. The van der Waals surface area contributed by atoms with E-state index in [0.29, 0.717) is 13.2 Å². The van der Waals surface area contributed by atoms with Crippen molar-refractivity contribution in [2.24, 2.45) is 0 Å². The second-order valence-electron chi connectivity index (χ2n) is 7.39. The van der Waals surface area contributed by atoms with Crippen molar-refractivity contribution in [3.05, 3.63) is 35.8 Å². The summed E-state index contributed by atoms with van der Waals surface area (Å²) < 4.78 is 25.7. The second kappa shape index (κ2) is 6.57. The van der Waals surface area contributed by atoms with E-state index in [1.54, 1.807) is 6.07 Å². The molecule has 2 aromatic rings. The van der Waals surface area contributed by atoms with E-state index in [1.165, 1.54) is 6.07 Å². The van der Waals surface area contributed by atoms with Crippen molar-refractivity contribution in [3.8, 4) is 5.75 Å². The minimum Gasteiger partial charge on any atom is -0.488 e. The van der Waals surface area contributed by atoms with Crippen molar-refractivity contribution in [2.75, 3.05) is 13.2 Å². The number of hydrogen-bond donors (Lipinski definition) is 0. The number of aryl methyl sites for hydroxylation is 1. The molecule has 0 N–H and O–H groups in total. The van der Waals surface area contributed by atoms with Gasteiger partial charge < -0.3 is 9.16 Å². The summed E-state index contributed by atoms with van der Waals surface area (Å²) in [5.74, 6) is -0.134. The fraction of sp³-hybridized carbons (Fsp3) is 0.500. The molecule has 0 aliphatic carbocycles. The van der Waals surface area contributed by atoms with Gasteiger partial charge in [-0.25, -0.2) is 4.39 Å². The Labute approximate surface area is 139 Å². The molecule has 0 saturated carbocycles. The third-order valence-electron chi connectivity index (χ3n) is 4.49. The molecule has 0 bridgehead atoms. The molecule has 1 aromatic heterocycles. The van der Waals surface area contributed by atoms with Gasteiger partial charge in [0.1, 0.15) is 6.61 Å². The van der Waals surface area contributed by atoms with Crippen LogP contribution in [0.5, 0.6) is 5.75 Å². The lowest BCUT2D eigenvalue weighted by Crippen LogP contribution is -2.41. The Hall–Kier alpha value is -1.46. The number of benzene rings is 1. The number of pyridine rings is 1. The maximum absolute atomic E-state index is 14.1. The summed E-state index contributed by atoms with van der Waals surface area (Å²) in [6.45, 7) is 13.7. The third kappa shape index (κ3) is 4.29. The van der Waals surface area contributed by atoms with Crippen molar-refractivity contribution in [1.29, 1.82) is 0 Å². The summed E-state index contributed by atoms with van der Waals surface area (Å²) in [5.41, 5.74) is 1.64. The fourth-order valence-electron chi connectivity index (χ4n) is 2.00. The summed E-state index contributed by atoms with van der Waals surface area (Å²) in [6.07, 6.45) is 0. The molecule has 23 heavy (non-hydrogen) atoms. The van der Waals surface area contributed by atoms with E-state index in [1.807, 2.05) is 19.1 Å². The molecule has 2 rings (SSSR count). The first-order valence-corrected chi connectivity index (χ1v) is 10.8. The molecule has 0 saturated heterocycles. The van der Waals surface area contributed by atoms with Gasteiger partial charge in [-0.2, -0.15) is 0 Å². The van der Waals surface area contributed by atoms with Crippen LogP contribution < -0.4 is 4.74 Å². The van der Waals surface area contributed by atoms with E-state index in [4.69, 9.17) is 9.16 Å². The number of ether oxygens (including phenoxy) is 1. The third-order valence-corrected chi connectivity index (χ3v) is 9.03. The standard InChI is InChI=1S/C18H26FNO2Si/c1-13-7-8-14-11-15(19)17(12-16(14)20-13)21-9-10-22-23(5,6)18(2,3)4/h7-8,11-12H,9-10H2,1-6H3. The Bertz CT molecular complexity index is 695. The van der Waals surface area contributed by atoms with Gasteiger partial charge >= 0.3 is 0 Å². The summed E-state index contributed by atoms with van der Waals surface area (Å²) >= 11 is 0. The summed E-state index contributed by atoms with van der Waals surface area (Å²) in [6, 6.07) is 6.86. The molecule has 1 heterocycles. The predicted octanol–water partition coefficient (Wildman–Crippen LogP) is 5.08. The van der Waals surface area contributed by atoms with E-state index in [2.05, 4.69) is 38.8 Å². The SMILES string of the molecule is Cc1ccc2cc(F)c(OCCO[Si](C)(C)C(C)(C)C)cc2n1. The van der Waals surface area contributed by atoms with Gasteiger partial charge in [-0.1, -0.05) is 26.8 Å². The molecule has 126 valence electrons. The lowest BCUT2D eigenvalue weighted by atomic mass is 10.2. The molecule has 3 nitrogen and oxygen atoms in total. The molecule has 0 radical (unpaired) electrons. The Balaban J connectivity index is 2.01. The zero-order chi connectivity index (χ0) is 17.3. The first-order valence-electron chi connectivity index (χ1n) is 7.94. The fourth-order valence-corrected chi connectivity index (χ4v) is 3.03. The number of aromatic nitrogens is 1. The Kier molecular flexibility index (Phi) is 5.11. The van der Waals surface area contributed by atoms with Gasteiger partial charge in [-0.15, -0.1) is 0 Å². The summed E-state index contributed by atoms with van der Waals surface area (Å²) in [5, 5.41) is 0.931. The first kappa shape index (κ1) is 17.9. The molecule has 5 heteroatoms. The van der Waals surface area contributed by atoms with Gasteiger partial charge in [0, 0.05) is 17.1 Å². The van der Waals surface area contributed by atoms with Gasteiger partial charge in [-0.05, 0) is 37.2 Å². The lowest BCUT2D eigenvalue weighted by molar-refractivity contribution is 0.199. The largest absolute Gasteiger partial charge is 0.488 e. The van der Waals surface area contributed by atoms with Crippen molar-refractivity contribution in [2.45, 2.75) is 45.8 Å². The maximum atomic E-state index is 14.1. The number of nitrogens with zero attached hydrogens (tertiary/aromatic N) is 1. The quantitative estimate of drug-likeness (QED) is 0.564. The monoisotopic (exact) mass is 335 g/mol. The molecular formula is C18H26FNO2Si. The van der Waals surface area contributed by atoms with Crippen LogP contribution in [0, 0.1) is 12.7 Å². The van der Waals surface area contributed by atoms with E-state index in [9.17, 15) is 4.39 Å². The van der Waals surface area contributed by atoms with Gasteiger partial charge in [-0.3, -0.25) is 4.98 Å². The summed E-state index contributed by atoms with van der Waals surface area (Å²) in [4.78, 5) is 4.41. The predicted molar refractivity (Wildman–Crippen MR) is 95.1 cm³/mol. The summed E-state index contributed by atoms with van der Waals surface area (Å²) in [7, 11) is -1.79. The zero-order valence-electron chi connectivity index (χ0n) is 14.9. The van der Waals surface area contributed by atoms with Crippen molar-refractivity contribution < 1.29 is 13.6 Å². The van der Waals surface area contributed by atoms with Crippen LogP contribution in [0.15, 0.2) is 24.3 Å². The molecule has 0 aliphatic rings. The van der Waals surface area contributed by atoms with E-state index in [0.717, 1.165) is 16.6 Å². The topological polar surface area (TPSA) is 31.4 Å². The van der Waals surface area contributed by atoms with Crippen LogP contribution in [0.2, 0.25) is 18.1 Å². The van der Waals surface area contributed by atoms with E-state index in [-0.39, 0.29) is 16.6 Å². The molecule has 0 spiro atoms. The Morgan fingerprint density at radius 2 is 1.83 bits per heavy atom. The number of rotatable bonds is 5. The van der Waals surface area contributed by atoms with E-state index >= 15 is 0 Å². The molecule has 0 fully saturated rings. The van der Waals surface area contributed by atoms with Crippen LogP contribution in [0.3, 0.4) is 0 Å². The molecule has 0 atom stereocenters. The van der Waals surface area contributed by atoms with Crippen LogP contribution in [-0.4, -0.2) is 26.5 Å².